The maximum absolute atomic E-state index is 11.1. The van der Waals surface area contributed by atoms with Crippen molar-refractivity contribution in [3.05, 3.63) is 48.0 Å². The summed E-state index contributed by atoms with van der Waals surface area (Å²) in [6, 6.07) is 5.78. The molecule has 27 heavy (non-hydrogen) atoms. The molecule has 0 aliphatic heterocycles. The van der Waals surface area contributed by atoms with Crippen molar-refractivity contribution in [2.75, 3.05) is 20.7 Å². The topological polar surface area (TPSA) is 95.6 Å². The van der Waals surface area contributed by atoms with Gasteiger partial charge in [0.15, 0.2) is 0 Å². The highest BCUT2D eigenvalue weighted by Crippen LogP contribution is 2.08. The van der Waals surface area contributed by atoms with Gasteiger partial charge in [0.1, 0.15) is 22.5 Å². The van der Waals surface area contributed by atoms with Gasteiger partial charge in [-0.25, -0.2) is 22.3 Å². The lowest BCUT2D eigenvalue weighted by molar-refractivity contribution is -0.678. The third kappa shape index (κ3) is 7.79. The number of aryl methyl sites for hydroxylation is 3. The zero-order chi connectivity index (χ0) is 20.6. The SMILES string of the molecule is CN(C)C(=O)OCCCc1n(C)cc[n+]1C.Cc1ccc(S(=O)(=O)[O-])cc1. The normalized spacial score (nSPS) is 10.7. The molecule has 2 rings (SSSR count). The van der Waals surface area contributed by atoms with E-state index in [4.69, 9.17) is 4.74 Å². The van der Waals surface area contributed by atoms with E-state index in [2.05, 4.69) is 9.13 Å². The van der Waals surface area contributed by atoms with Crippen molar-refractivity contribution >= 4 is 16.2 Å². The van der Waals surface area contributed by atoms with E-state index in [1.807, 2.05) is 33.4 Å². The number of carbonyl (C=O) groups excluding carboxylic acids is 1. The summed E-state index contributed by atoms with van der Waals surface area (Å²) in [5.74, 6) is 1.22. The van der Waals surface area contributed by atoms with Gasteiger partial charge in [0, 0.05) is 14.1 Å². The van der Waals surface area contributed by atoms with Crippen LogP contribution in [0.2, 0.25) is 0 Å². The molecule has 0 saturated carbocycles. The second-order valence-corrected chi connectivity index (χ2v) is 7.70. The van der Waals surface area contributed by atoms with Crippen LogP contribution in [0.15, 0.2) is 41.6 Å². The fraction of sp³-hybridized carbons (Fsp3) is 0.444. The third-order valence-electron chi connectivity index (χ3n) is 3.77. The van der Waals surface area contributed by atoms with E-state index in [0.717, 1.165) is 18.4 Å². The molecule has 9 heteroatoms. The van der Waals surface area contributed by atoms with Gasteiger partial charge in [-0.3, -0.25) is 0 Å². The molecule has 0 bridgehead atoms. The second kappa shape index (κ2) is 10.1. The Bertz CT molecular complexity index is 823. The van der Waals surface area contributed by atoms with Crippen LogP contribution in [0.25, 0.3) is 0 Å². The van der Waals surface area contributed by atoms with E-state index in [1.54, 1.807) is 26.2 Å². The predicted molar refractivity (Wildman–Crippen MR) is 99.1 cm³/mol. The number of ether oxygens (including phenoxy) is 1. The van der Waals surface area contributed by atoms with E-state index in [-0.39, 0.29) is 11.0 Å². The van der Waals surface area contributed by atoms with Crippen molar-refractivity contribution in [3.8, 4) is 0 Å². The highest BCUT2D eigenvalue weighted by atomic mass is 32.2. The van der Waals surface area contributed by atoms with Crippen molar-refractivity contribution in [2.45, 2.75) is 24.7 Å². The van der Waals surface area contributed by atoms with E-state index in [0.29, 0.717) is 6.61 Å². The first-order valence-corrected chi connectivity index (χ1v) is 9.79. The first kappa shape index (κ1) is 22.7. The maximum atomic E-state index is 11.1. The molecular weight excluding hydrogens is 370 g/mol. The lowest BCUT2D eigenvalue weighted by Gasteiger charge is -2.10. The molecule has 0 aliphatic carbocycles. The molecule has 8 nitrogen and oxygen atoms in total. The minimum atomic E-state index is -4.27. The average molecular weight is 397 g/mol. The number of imidazole rings is 1. The summed E-state index contributed by atoms with van der Waals surface area (Å²) in [6.07, 6.45) is 5.49. The Morgan fingerprint density at radius 3 is 2.30 bits per heavy atom. The molecular formula is C18H27N3O5S. The van der Waals surface area contributed by atoms with Crippen LogP contribution < -0.4 is 4.57 Å². The van der Waals surface area contributed by atoms with E-state index < -0.39 is 10.1 Å². The van der Waals surface area contributed by atoms with Crippen LogP contribution in [0.3, 0.4) is 0 Å². The molecule has 0 aliphatic rings. The van der Waals surface area contributed by atoms with Crippen LogP contribution in [0.4, 0.5) is 4.79 Å². The van der Waals surface area contributed by atoms with Crippen molar-refractivity contribution in [1.29, 1.82) is 0 Å². The van der Waals surface area contributed by atoms with E-state index >= 15 is 0 Å². The Labute approximate surface area is 160 Å². The molecule has 1 aromatic heterocycles. The second-order valence-electron chi connectivity index (χ2n) is 6.32. The van der Waals surface area contributed by atoms with Crippen molar-refractivity contribution in [2.24, 2.45) is 14.1 Å². The third-order valence-corrected chi connectivity index (χ3v) is 4.62. The molecule has 0 atom stereocenters. The fourth-order valence-electron chi connectivity index (χ4n) is 2.20. The molecule has 150 valence electrons. The molecule has 2 aromatic rings. The molecule has 0 N–H and O–H groups in total. The van der Waals surface area contributed by atoms with Crippen molar-refractivity contribution < 1.29 is 27.1 Å². The lowest BCUT2D eigenvalue weighted by atomic mass is 10.2. The van der Waals surface area contributed by atoms with Gasteiger partial charge in [0.2, 0.25) is 0 Å². The van der Waals surface area contributed by atoms with Crippen LogP contribution in [0.5, 0.6) is 0 Å². The van der Waals surface area contributed by atoms with Gasteiger partial charge in [-0.1, -0.05) is 17.7 Å². The lowest BCUT2D eigenvalue weighted by Crippen LogP contribution is -2.32. The zero-order valence-corrected chi connectivity index (χ0v) is 17.2. The summed E-state index contributed by atoms with van der Waals surface area (Å²) in [5.41, 5.74) is 0.928. The molecule has 0 unspecified atom stereocenters. The summed E-state index contributed by atoms with van der Waals surface area (Å²) in [7, 11) is 3.12. The Balaban J connectivity index is 0.000000289. The Hall–Kier alpha value is -2.39. The van der Waals surface area contributed by atoms with E-state index in [1.165, 1.54) is 22.9 Å². The first-order valence-electron chi connectivity index (χ1n) is 8.39. The first-order chi connectivity index (χ1) is 12.5. The van der Waals surface area contributed by atoms with Gasteiger partial charge in [0.05, 0.1) is 32.0 Å². The van der Waals surface area contributed by atoms with Gasteiger partial charge < -0.3 is 14.2 Å². The fourth-order valence-corrected chi connectivity index (χ4v) is 2.67. The van der Waals surface area contributed by atoms with Gasteiger partial charge in [-0.15, -0.1) is 0 Å². The van der Waals surface area contributed by atoms with Crippen LogP contribution in [-0.2, 0) is 35.4 Å². The monoisotopic (exact) mass is 397 g/mol. The highest BCUT2D eigenvalue weighted by Gasteiger charge is 2.11. The summed E-state index contributed by atoms with van der Waals surface area (Å²) in [6.45, 7) is 2.28. The number of aromatic nitrogens is 2. The molecule has 1 aromatic carbocycles. The number of rotatable bonds is 5. The van der Waals surface area contributed by atoms with Gasteiger partial charge >= 0.3 is 6.09 Å². The number of benzene rings is 1. The molecule has 0 spiro atoms. The smallest absolute Gasteiger partial charge is 0.409 e. The quantitative estimate of drug-likeness (QED) is 0.431. The molecule has 0 saturated heterocycles. The molecule has 1 amide bonds. The Morgan fingerprint density at radius 1 is 1.26 bits per heavy atom. The van der Waals surface area contributed by atoms with Crippen LogP contribution >= 0.6 is 0 Å². The number of amides is 1. The minimum Gasteiger partial charge on any atom is -0.744 e. The van der Waals surface area contributed by atoms with Gasteiger partial charge in [-0.05, 0) is 25.5 Å². The van der Waals surface area contributed by atoms with Crippen LogP contribution in [-0.4, -0.2) is 49.2 Å². The van der Waals surface area contributed by atoms with Crippen molar-refractivity contribution in [1.82, 2.24) is 9.47 Å². The molecule has 0 radical (unpaired) electrons. The predicted octanol–water partition coefficient (Wildman–Crippen LogP) is 1.38. The van der Waals surface area contributed by atoms with Gasteiger partial charge in [-0.2, -0.15) is 0 Å². The number of carbonyl (C=O) groups is 1. The number of nitrogens with zero attached hydrogens (tertiary/aromatic N) is 3. The largest absolute Gasteiger partial charge is 0.744 e. The summed E-state index contributed by atoms with van der Waals surface area (Å²) in [5, 5.41) is 0. The average Bonchev–Trinajstić information content (AvgIpc) is 2.90. The summed E-state index contributed by atoms with van der Waals surface area (Å²) < 4.78 is 40.4. The Kier molecular flexibility index (Phi) is 8.45. The van der Waals surface area contributed by atoms with Crippen LogP contribution in [0.1, 0.15) is 17.8 Å². The van der Waals surface area contributed by atoms with Crippen molar-refractivity contribution in [3.63, 3.8) is 0 Å². The zero-order valence-electron chi connectivity index (χ0n) is 16.4. The number of hydrogen-bond acceptors (Lipinski definition) is 5. The molecule has 0 fully saturated rings. The Morgan fingerprint density at radius 2 is 1.85 bits per heavy atom. The summed E-state index contributed by atoms with van der Waals surface area (Å²) in [4.78, 5) is 12.4. The summed E-state index contributed by atoms with van der Waals surface area (Å²) >= 11 is 0. The van der Waals surface area contributed by atoms with Crippen LogP contribution in [0, 0.1) is 6.92 Å². The maximum Gasteiger partial charge on any atom is 0.409 e. The standard InChI is InChI=1S/C11H20N3O2.C7H8O3S/c1-12(2)11(15)16-9-5-6-10-13(3)7-8-14(10)4;1-6-2-4-7(5-3-6)11(8,9)10/h7-8H,5-6,9H2,1-4H3;2-5H,1H3,(H,8,9,10)/q+1;/p-1. The highest BCUT2D eigenvalue weighted by molar-refractivity contribution is 7.85. The molecule has 1 heterocycles. The van der Waals surface area contributed by atoms with Gasteiger partial charge in [0.25, 0.3) is 5.82 Å². The number of hydrogen-bond donors (Lipinski definition) is 0. The van der Waals surface area contributed by atoms with E-state index in [9.17, 15) is 17.8 Å². The minimum absolute atomic E-state index is 0.178.